The third kappa shape index (κ3) is 2.11. The van der Waals surface area contributed by atoms with Crippen LogP contribution in [0.2, 0.25) is 0 Å². The van der Waals surface area contributed by atoms with Crippen LogP contribution in [0.1, 0.15) is 0 Å². The van der Waals surface area contributed by atoms with Gasteiger partial charge in [-0.25, -0.2) is 9.18 Å². The smallest absolute Gasteiger partial charge is 0.368 e. The van der Waals surface area contributed by atoms with Crippen molar-refractivity contribution in [2.45, 2.75) is 6.36 Å². The molecule has 7 heavy (non-hydrogen) atoms. The molecular formula is C3H5FO3. The standard InChI is InChI=1S/C3H5FO3/c1-7-3(6)2(4)5/h2,5H,1H3. The molecule has 0 radical (unpaired) electrons. The summed E-state index contributed by atoms with van der Waals surface area (Å²) in [5, 5.41) is 7.68. The van der Waals surface area contributed by atoms with Crippen molar-refractivity contribution in [3.8, 4) is 0 Å². The first-order valence-corrected chi connectivity index (χ1v) is 1.58. The zero-order valence-corrected chi connectivity index (χ0v) is 3.72. The molecule has 0 aromatic rings. The minimum absolute atomic E-state index is 0.991. The van der Waals surface area contributed by atoms with Crippen molar-refractivity contribution in [3.63, 3.8) is 0 Å². The number of alkyl halides is 1. The predicted octanol–water partition coefficient (Wildman–Crippen LogP) is -0.553. The number of methoxy groups -OCH3 is 1. The summed E-state index contributed by atoms with van der Waals surface area (Å²) in [6.07, 6.45) is -2.50. The monoisotopic (exact) mass is 108 g/mol. The number of ether oxygens (including phenoxy) is 1. The molecule has 4 heteroatoms. The van der Waals surface area contributed by atoms with Crippen LogP contribution in [0.25, 0.3) is 0 Å². The van der Waals surface area contributed by atoms with Crippen molar-refractivity contribution < 1.29 is 19.0 Å². The van der Waals surface area contributed by atoms with Gasteiger partial charge in [0.05, 0.1) is 7.11 Å². The van der Waals surface area contributed by atoms with E-state index >= 15 is 0 Å². The normalized spacial score (nSPS) is 13.0. The predicted molar refractivity (Wildman–Crippen MR) is 19.1 cm³/mol. The highest BCUT2D eigenvalue weighted by atomic mass is 19.1. The van der Waals surface area contributed by atoms with Crippen LogP contribution >= 0.6 is 0 Å². The van der Waals surface area contributed by atoms with Crippen LogP contribution in [0, 0.1) is 0 Å². The molecule has 3 nitrogen and oxygen atoms in total. The van der Waals surface area contributed by atoms with Gasteiger partial charge in [-0.2, -0.15) is 0 Å². The fourth-order valence-corrected chi connectivity index (χ4v) is 0.0972. The topological polar surface area (TPSA) is 46.5 Å². The van der Waals surface area contributed by atoms with Gasteiger partial charge in [0.2, 0.25) is 0 Å². The summed E-state index contributed by atoms with van der Waals surface area (Å²) < 4.78 is 14.9. The lowest BCUT2D eigenvalue weighted by Gasteiger charge is -1.93. The summed E-state index contributed by atoms with van der Waals surface area (Å²) in [6, 6.07) is 0. The third-order valence-electron chi connectivity index (χ3n) is 0.396. The van der Waals surface area contributed by atoms with Crippen LogP contribution in [-0.4, -0.2) is 24.5 Å². The Kier molecular flexibility index (Phi) is 2.29. The van der Waals surface area contributed by atoms with E-state index in [0.29, 0.717) is 0 Å². The molecule has 0 aliphatic carbocycles. The van der Waals surface area contributed by atoms with Gasteiger partial charge in [0.1, 0.15) is 0 Å². The quantitative estimate of drug-likeness (QED) is 0.458. The Balaban J connectivity index is 3.35. The third-order valence-corrected chi connectivity index (χ3v) is 0.396. The molecule has 0 bridgehead atoms. The molecule has 1 N–H and O–H groups in total. The molecule has 0 aromatic heterocycles. The molecule has 0 amide bonds. The highest BCUT2D eigenvalue weighted by Gasteiger charge is 2.10. The second kappa shape index (κ2) is 2.52. The molecule has 42 valence electrons. The molecule has 0 rings (SSSR count). The van der Waals surface area contributed by atoms with Gasteiger partial charge in [0, 0.05) is 0 Å². The lowest BCUT2D eigenvalue weighted by Crippen LogP contribution is -2.15. The number of hydrogen-bond donors (Lipinski definition) is 1. The Bertz CT molecular complexity index is 70.6. The Labute approximate surface area is 39.7 Å². The molecule has 0 aliphatic rings. The first-order valence-electron chi connectivity index (χ1n) is 1.58. The van der Waals surface area contributed by atoms with Gasteiger partial charge in [-0.05, 0) is 0 Å². The lowest BCUT2D eigenvalue weighted by molar-refractivity contribution is -0.159. The molecule has 0 aliphatic heterocycles. The second-order valence-electron chi connectivity index (χ2n) is 0.859. The zero-order valence-electron chi connectivity index (χ0n) is 3.72. The molecule has 0 saturated carbocycles. The van der Waals surface area contributed by atoms with Crippen molar-refractivity contribution in [1.29, 1.82) is 0 Å². The van der Waals surface area contributed by atoms with Crippen LogP contribution in [0.3, 0.4) is 0 Å². The van der Waals surface area contributed by atoms with Crippen molar-refractivity contribution in [1.82, 2.24) is 0 Å². The summed E-state index contributed by atoms with van der Waals surface area (Å²) in [4.78, 5) is 9.66. The lowest BCUT2D eigenvalue weighted by atomic mass is 10.7. The molecule has 1 atom stereocenters. The number of esters is 1. The molecule has 0 fully saturated rings. The van der Waals surface area contributed by atoms with Crippen LogP contribution < -0.4 is 0 Å². The maximum atomic E-state index is 11.2. The summed E-state index contributed by atoms with van der Waals surface area (Å²) in [5.74, 6) is -1.26. The number of carbonyl (C=O) groups is 1. The molecule has 1 unspecified atom stereocenters. The minimum atomic E-state index is -2.50. The molecule has 0 aromatic carbocycles. The minimum Gasteiger partial charge on any atom is -0.465 e. The number of aliphatic hydroxyl groups excluding tert-OH is 1. The number of rotatable bonds is 1. The first-order chi connectivity index (χ1) is 3.18. The van der Waals surface area contributed by atoms with E-state index in [4.69, 9.17) is 5.11 Å². The van der Waals surface area contributed by atoms with Crippen molar-refractivity contribution in [2.24, 2.45) is 0 Å². The van der Waals surface area contributed by atoms with E-state index in [1.54, 1.807) is 0 Å². The van der Waals surface area contributed by atoms with E-state index in [0.717, 1.165) is 7.11 Å². The van der Waals surface area contributed by atoms with Crippen molar-refractivity contribution in [3.05, 3.63) is 0 Å². The van der Waals surface area contributed by atoms with Crippen LogP contribution in [0.4, 0.5) is 4.39 Å². The highest BCUT2D eigenvalue weighted by molar-refractivity contribution is 5.72. The van der Waals surface area contributed by atoms with Gasteiger partial charge in [-0.1, -0.05) is 0 Å². The van der Waals surface area contributed by atoms with E-state index in [-0.39, 0.29) is 0 Å². The van der Waals surface area contributed by atoms with Crippen molar-refractivity contribution in [2.75, 3.05) is 7.11 Å². The van der Waals surface area contributed by atoms with Gasteiger partial charge >= 0.3 is 5.97 Å². The van der Waals surface area contributed by atoms with Crippen molar-refractivity contribution >= 4 is 5.97 Å². The summed E-state index contributed by atoms with van der Waals surface area (Å²) in [5.41, 5.74) is 0. The SMILES string of the molecule is COC(=O)C(O)F. The summed E-state index contributed by atoms with van der Waals surface area (Å²) >= 11 is 0. The van der Waals surface area contributed by atoms with Gasteiger partial charge in [0.15, 0.2) is 0 Å². The number of halogens is 1. The Hall–Kier alpha value is -0.640. The van der Waals surface area contributed by atoms with Gasteiger partial charge < -0.3 is 9.84 Å². The van der Waals surface area contributed by atoms with E-state index in [2.05, 4.69) is 4.74 Å². The maximum Gasteiger partial charge on any atom is 0.368 e. The fourth-order valence-electron chi connectivity index (χ4n) is 0.0972. The number of hydrogen-bond acceptors (Lipinski definition) is 3. The fraction of sp³-hybridized carbons (Fsp3) is 0.667. The zero-order chi connectivity index (χ0) is 5.86. The number of aliphatic hydroxyl groups is 1. The Morgan fingerprint density at radius 1 is 2.00 bits per heavy atom. The highest BCUT2D eigenvalue weighted by Crippen LogP contribution is 1.84. The molecule has 0 heterocycles. The average molecular weight is 108 g/mol. The van der Waals surface area contributed by atoms with Gasteiger partial charge in [-0.3, -0.25) is 0 Å². The summed E-state index contributed by atoms with van der Waals surface area (Å²) in [7, 11) is 0.991. The average Bonchev–Trinajstić information content (AvgIpc) is 1.65. The molecule has 0 spiro atoms. The van der Waals surface area contributed by atoms with Gasteiger partial charge in [0.25, 0.3) is 6.36 Å². The van der Waals surface area contributed by atoms with Gasteiger partial charge in [-0.15, -0.1) is 0 Å². The maximum absolute atomic E-state index is 11.2. The second-order valence-corrected chi connectivity index (χ2v) is 0.859. The first kappa shape index (κ1) is 6.36. The van der Waals surface area contributed by atoms with Crippen LogP contribution in [-0.2, 0) is 9.53 Å². The molecule has 0 saturated heterocycles. The van der Waals surface area contributed by atoms with E-state index in [9.17, 15) is 9.18 Å². The summed E-state index contributed by atoms with van der Waals surface area (Å²) in [6.45, 7) is 0. The number of carbonyl (C=O) groups excluding carboxylic acids is 1. The van der Waals surface area contributed by atoms with Crippen LogP contribution in [0.5, 0.6) is 0 Å². The van der Waals surface area contributed by atoms with E-state index < -0.39 is 12.3 Å². The molecular weight excluding hydrogens is 103 g/mol. The Morgan fingerprint density at radius 3 is 2.43 bits per heavy atom. The van der Waals surface area contributed by atoms with E-state index in [1.807, 2.05) is 0 Å². The van der Waals surface area contributed by atoms with E-state index in [1.165, 1.54) is 0 Å². The largest absolute Gasteiger partial charge is 0.465 e. The van der Waals surface area contributed by atoms with Crippen LogP contribution in [0.15, 0.2) is 0 Å². The Morgan fingerprint density at radius 2 is 2.43 bits per heavy atom.